The minimum absolute atomic E-state index is 0.277. The minimum Gasteiger partial charge on any atom is -0.497 e. The molecule has 8 heteroatoms. The quantitative estimate of drug-likeness (QED) is 0.171. The van der Waals surface area contributed by atoms with Crippen LogP contribution in [0.3, 0.4) is 0 Å². The lowest BCUT2D eigenvalue weighted by atomic mass is 10.1. The van der Waals surface area contributed by atoms with E-state index in [0.29, 0.717) is 22.0 Å². The Bertz CT molecular complexity index is 1620. The zero-order chi connectivity index (χ0) is 28.4. The van der Waals surface area contributed by atoms with Gasteiger partial charge < -0.3 is 14.0 Å². The Morgan fingerprint density at radius 3 is 2.08 bits per heavy atom. The van der Waals surface area contributed by atoms with Crippen LogP contribution in [0, 0.1) is 20.8 Å². The van der Waals surface area contributed by atoms with Gasteiger partial charge in [0.05, 0.1) is 18.6 Å². The lowest BCUT2D eigenvalue weighted by molar-refractivity contribution is -0.122. The van der Waals surface area contributed by atoms with E-state index in [2.05, 4.69) is 4.57 Å². The van der Waals surface area contributed by atoms with Crippen molar-refractivity contribution in [3.63, 3.8) is 0 Å². The molecular weight excluding hydrogens is 524 g/mol. The molecule has 1 aliphatic rings. The second-order valence-corrected chi connectivity index (χ2v) is 10.5. The summed E-state index contributed by atoms with van der Waals surface area (Å²) in [7, 11) is 1.62. The molecule has 4 aromatic rings. The zero-order valence-electron chi connectivity index (χ0n) is 22.6. The topological polar surface area (TPSA) is 77.8 Å². The zero-order valence-corrected chi connectivity index (χ0v) is 23.5. The van der Waals surface area contributed by atoms with E-state index in [1.54, 1.807) is 25.3 Å². The number of carbonyl (C=O) groups excluding carboxylic acids is 3. The second kappa shape index (κ2) is 11.3. The van der Waals surface area contributed by atoms with Crippen LogP contribution in [-0.4, -0.2) is 40.1 Å². The summed E-state index contributed by atoms with van der Waals surface area (Å²) in [5.74, 6) is 1.43. The Morgan fingerprint density at radius 1 is 0.850 bits per heavy atom. The molecule has 0 spiro atoms. The SMILES string of the molecule is COc1ccc(Oc2ccc(-n3c(C)cc(/C=C4\SC(=O)N(CC(=O)c5ccc(C)cc5)C4=O)c3C)cc2)cc1. The molecule has 5 rings (SSSR count). The van der Waals surface area contributed by atoms with E-state index >= 15 is 0 Å². The van der Waals surface area contributed by atoms with E-state index in [1.807, 2.05) is 87.5 Å². The average Bonchev–Trinajstić information content (AvgIpc) is 3.38. The van der Waals surface area contributed by atoms with E-state index in [-0.39, 0.29) is 12.3 Å². The number of imide groups is 1. The largest absolute Gasteiger partial charge is 0.497 e. The van der Waals surface area contributed by atoms with Gasteiger partial charge in [0.1, 0.15) is 17.2 Å². The third-order valence-corrected chi connectivity index (χ3v) is 7.60. The number of hydrogen-bond acceptors (Lipinski definition) is 6. The van der Waals surface area contributed by atoms with Crippen LogP contribution in [0.25, 0.3) is 11.8 Å². The molecular formula is C32H28N2O5S. The van der Waals surface area contributed by atoms with Gasteiger partial charge in [0.15, 0.2) is 5.78 Å². The first-order valence-electron chi connectivity index (χ1n) is 12.7. The summed E-state index contributed by atoms with van der Waals surface area (Å²) >= 11 is 0.854. The van der Waals surface area contributed by atoms with Gasteiger partial charge in [-0.3, -0.25) is 19.3 Å². The van der Waals surface area contributed by atoms with E-state index < -0.39 is 11.1 Å². The van der Waals surface area contributed by atoms with Crippen molar-refractivity contribution >= 4 is 34.8 Å². The summed E-state index contributed by atoms with van der Waals surface area (Å²) in [6.07, 6.45) is 1.72. The Morgan fingerprint density at radius 2 is 1.45 bits per heavy atom. The van der Waals surface area contributed by atoms with Crippen molar-refractivity contribution in [2.75, 3.05) is 13.7 Å². The molecule has 0 N–H and O–H groups in total. The van der Waals surface area contributed by atoms with Gasteiger partial charge in [-0.15, -0.1) is 0 Å². The molecule has 1 saturated heterocycles. The lowest BCUT2D eigenvalue weighted by Gasteiger charge is -2.12. The number of amides is 2. The van der Waals surface area contributed by atoms with E-state index in [1.165, 1.54) is 0 Å². The number of carbonyl (C=O) groups is 3. The molecule has 7 nitrogen and oxygen atoms in total. The van der Waals surface area contributed by atoms with Crippen molar-refractivity contribution in [3.8, 4) is 22.9 Å². The standard InChI is InChI=1S/C32H28N2O5S/c1-20-5-7-23(8-6-20)29(35)19-33-31(36)30(40-32(33)37)18-24-17-21(2)34(22(24)3)25-9-11-27(12-10-25)39-28-15-13-26(38-4)14-16-28/h5-18H,19H2,1-4H3/b30-18-. The van der Waals surface area contributed by atoms with Crippen LogP contribution < -0.4 is 9.47 Å². The molecule has 2 heterocycles. The number of nitrogens with zero attached hydrogens (tertiary/aromatic N) is 2. The molecule has 0 bridgehead atoms. The van der Waals surface area contributed by atoms with E-state index in [4.69, 9.17) is 9.47 Å². The first kappa shape index (κ1) is 27.0. The molecule has 3 aromatic carbocycles. The summed E-state index contributed by atoms with van der Waals surface area (Å²) in [6, 6.07) is 24.2. The molecule has 1 aliphatic heterocycles. The highest BCUT2D eigenvalue weighted by Crippen LogP contribution is 2.34. The molecule has 0 aliphatic carbocycles. The number of methoxy groups -OCH3 is 1. The highest BCUT2D eigenvalue weighted by molar-refractivity contribution is 8.18. The third-order valence-electron chi connectivity index (χ3n) is 6.70. The van der Waals surface area contributed by atoms with Gasteiger partial charge in [-0.2, -0.15) is 0 Å². The Hall–Kier alpha value is -4.56. The molecule has 2 amide bonds. The predicted molar refractivity (Wildman–Crippen MR) is 156 cm³/mol. The van der Waals surface area contributed by atoms with Crippen molar-refractivity contribution in [1.29, 1.82) is 0 Å². The van der Waals surface area contributed by atoms with Crippen LogP contribution in [0.4, 0.5) is 4.79 Å². The molecule has 202 valence electrons. The number of benzene rings is 3. The molecule has 0 atom stereocenters. The molecule has 0 saturated carbocycles. The fourth-order valence-corrected chi connectivity index (χ4v) is 5.36. The summed E-state index contributed by atoms with van der Waals surface area (Å²) in [5.41, 5.74) is 5.16. The van der Waals surface area contributed by atoms with Crippen molar-refractivity contribution in [2.24, 2.45) is 0 Å². The van der Waals surface area contributed by atoms with E-state index in [0.717, 1.165) is 50.6 Å². The van der Waals surface area contributed by atoms with Crippen molar-refractivity contribution in [1.82, 2.24) is 9.47 Å². The number of rotatable bonds is 8. The first-order chi connectivity index (χ1) is 19.2. The Kier molecular flexibility index (Phi) is 7.62. The van der Waals surface area contributed by atoms with Gasteiger partial charge in [0, 0.05) is 22.6 Å². The van der Waals surface area contributed by atoms with Crippen molar-refractivity contribution in [3.05, 3.63) is 112 Å². The third kappa shape index (κ3) is 5.58. The number of Topliss-reactive ketones (excluding diaryl/α,β-unsaturated/α-hetero) is 1. The van der Waals surface area contributed by atoms with Crippen LogP contribution in [0.1, 0.15) is 32.9 Å². The van der Waals surface area contributed by atoms with Crippen LogP contribution >= 0.6 is 11.8 Å². The van der Waals surface area contributed by atoms with E-state index in [9.17, 15) is 14.4 Å². The van der Waals surface area contributed by atoms with Gasteiger partial charge in [-0.05, 0) is 98.8 Å². The van der Waals surface area contributed by atoms with Gasteiger partial charge >= 0.3 is 0 Å². The van der Waals surface area contributed by atoms with Crippen LogP contribution in [0.15, 0.2) is 83.8 Å². The first-order valence-corrected chi connectivity index (χ1v) is 13.5. The second-order valence-electron chi connectivity index (χ2n) is 9.49. The number of aryl methyl sites for hydroxylation is 2. The molecule has 1 aromatic heterocycles. The molecule has 1 fully saturated rings. The maximum absolute atomic E-state index is 13.1. The number of ether oxygens (including phenoxy) is 2. The van der Waals surface area contributed by atoms with Crippen LogP contribution in [0.2, 0.25) is 0 Å². The maximum Gasteiger partial charge on any atom is 0.293 e. The summed E-state index contributed by atoms with van der Waals surface area (Å²) in [5, 5.41) is -0.446. The normalized spacial score (nSPS) is 14.2. The number of aromatic nitrogens is 1. The van der Waals surface area contributed by atoms with Crippen molar-refractivity contribution < 1.29 is 23.9 Å². The van der Waals surface area contributed by atoms with Crippen LogP contribution in [0.5, 0.6) is 17.2 Å². The Labute approximate surface area is 237 Å². The molecule has 0 radical (unpaired) electrons. The van der Waals surface area contributed by atoms with Gasteiger partial charge in [-0.25, -0.2) is 0 Å². The highest BCUT2D eigenvalue weighted by Gasteiger charge is 2.36. The average molecular weight is 553 g/mol. The van der Waals surface area contributed by atoms with Gasteiger partial charge in [0.25, 0.3) is 11.1 Å². The highest BCUT2D eigenvalue weighted by atomic mass is 32.2. The summed E-state index contributed by atoms with van der Waals surface area (Å²) in [4.78, 5) is 39.7. The van der Waals surface area contributed by atoms with Crippen molar-refractivity contribution in [2.45, 2.75) is 20.8 Å². The molecule has 0 unspecified atom stereocenters. The lowest BCUT2D eigenvalue weighted by Crippen LogP contribution is -2.33. The monoisotopic (exact) mass is 552 g/mol. The smallest absolute Gasteiger partial charge is 0.293 e. The summed E-state index contributed by atoms with van der Waals surface area (Å²) in [6.45, 7) is 5.60. The minimum atomic E-state index is -0.458. The number of hydrogen-bond donors (Lipinski definition) is 0. The van der Waals surface area contributed by atoms with Gasteiger partial charge in [0.2, 0.25) is 0 Å². The number of thioether (sulfide) groups is 1. The number of ketones is 1. The van der Waals surface area contributed by atoms with Gasteiger partial charge in [-0.1, -0.05) is 29.8 Å². The maximum atomic E-state index is 13.1. The van der Waals surface area contributed by atoms with Crippen LogP contribution in [-0.2, 0) is 4.79 Å². The Balaban J connectivity index is 1.32. The fourth-order valence-electron chi connectivity index (χ4n) is 4.53. The molecule has 40 heavy (non-hydrogen) atoms. The summed E-state index contributed by atoms with van der Waals surface area (Å²) < 4.78 is 13.2. The predicted octanol–water partition coefficient (Wildman–Crippen LogP) is 7.12. The fraction of sp³-hybridized carbons (Fsp3) is 0.156.